The van der Waals surface area contributed by atoms with Gasteiger partial charge in [-0.3, -0.25) is 5.41 Å². The molecule has 0 amide bonds. The van der Waals surface area contributed by atoms with Gasteiger partial charge in [-0.05, 0) is 12.1 Å². The van der Waals surface area contributed by atoms with Gasteiger partial charge in [0.1, 0.15) is 5.75 Å². The second-order valence-corrected chi connectivity index (χ2v) is 3.69. The highest BCUT2D eigenvalue weighted by Crippen LogP contribution is 2.22. The summed E-state index contributed by atoms with van der Waals surface area (Å²) in [6.45, 7) is 0. The van der Waals surface area contributed by atoms with E-state index in [4.69, 9.17) is 15.9 Å². The van der Waals surface area contributed by atoms with Gasteiger partial charge in [-0.15, -0.1) is 0 Å². The van der Waals surface area contributed by atoms with Gasteiger partial charge in [0.05, 0.1) is 12.8 Å². The molecule has 0 saturated carbocycles. The van der Waals surface area contributed by atoms with Crippen LogP contribution in [0.2, 0.25) is 0 Å². The van der Waals surface area contributed by atoms with Crippen molar-refractivity contribution in [3.8, 4) is 5.75 Å². The van der Waals surface area contributed by atoms with E-state index in [1.54, 1.807) is 13.2 Å². The van der Waals surface area contributed by atoms with Gasteiger partial charge < -0.3 is 10.5 Å². The molecule has 0 aliphatic carbocycles. The molecule has 0 saturated heterocycles. The fourth-order valence-electron chi connectivity index (χ4n) is 1.66. The number of hydrogen-bond donors (Lipinski definition) is 2. The summed E-state index contributed by atoms with van der Waals surface area (Å²) in [5.74, 6) is 0.701. The summed E-state index contributed by atoms with van der Waals surface area (Å²) in [5.41, 5.74) is 8.46. The Morgan fingerprint density at radius 3 is 2.41 bits per heavy atom. The molecule has 0 aliphatic heterocycles. The van der Waals surface area contributed by atoms with E-state index in [9.17, 15) is 0 Å². The fraction of sp³-hybridized carbons (Fsp3) is 0.0714. The molecule has 0 aliphatic rings. The molecule has 2 aromatic carbocycles. The third-order valence-corrected chi connectivity index (χ3v) is 2.59. The van der Waals surface area contributed by atoms with E-state index in [1.807, 2.05) is 42.5 Å². The quantitative estimate of drug-likeness (QED) is 0.624. The number of nitrogens with one attached hydrogen (secondary N) is 1. The van der Waals surface area contributed by atoms with Crippen LogP contribution in [0.15, 0.2) is 48.5 Å². The van der Waals surface area contributed by atoms with Crippen molar-refractivity contribution in [3.05, 3.63) is 59.7 Å². The largest absolute Gasteiger partial charge is 0.497 e. The maximum absolute atomic E-state index is 8.12. The zero-order chi connectivity index (χ0) is 12.3. The number of nitrogen functional groups attached to an aromatic ring is 1. The summed E-state index contributed by atoms with van der Waals surface area (Å²) in [5, 5.41) is 8.12. The molecule has 0 fully saturated rings. The molecular weight excluding hydrogens is 212 g/mol. The highest BCUT2D eigenvalue weighted by atomic mass is 16.5. The van der Waals surface area contributed by atoms with Crippen LogP contribution in [-0.2, 0) is 0 Å². The lowest BCUT2D eigenvalue weighted by Crippen LogP contribution is -2.05. The van der Waals surface area contributed by atoms with Crippen LogP contribution in [0, 0.1) is 5.41 Å². The smallest absolute Gasteiger partial charge is 0.120 e. The van der Waals surface area contributed by atoms with E-state index >= 15 is 0 Å². The van der Waals surface area contributed by atoms with Gasteiger partial charge in [0, 0.05) is 22.9 Å². The molecule has 0 aromatic heterocycles. The summed E-state index contributed by atoms with van der Waals surface area (Å²) < 4.78 is 5.08. The van der Waals surface area contributed by atoms with E-state index in [2.05, 4.69) is 0 Å². The van der Waals surface area contributed by atoms with Gasteiger partial charge in [-0.25, -0.2) is 0 Å². The number of rotatable bonds is 3. The predicted molar refractivity (Wildman–Crippen MR) is 69.8 cm³/mol. The van der Waals surface area contributed by atoms with Crippen LogP contribution in [0.4, 0.5) is 5.69 Å². The highest BCUT2D eigenvalue weighted by molar-refractivity contribution is 6.13. The monoisotopic (exact) mass is 226 g/mol. The number of benzene rings is 2. The molecule has 0 radical (unpaired) electrons. The lowest BCUT2D eigenvalue weighted by Gasteiger charge is -2.09. The van der Waals surface area contributed by atoms with Gasteiger partial charge in [-0.1, -0.05) is 30.3 Å². The van der Waals surface area contributed by atoms with Crippen LogP contribution in [0.1, 0.15) is 11.1 Å². The Hall–Kier alpha value is -2.29. The first-order valence-electron chi connectivity index (χ1n) is 5.30. The topological polar surface area (TPSA) is 59.1 Å². The lowest BCUT2D eigenvalue weighted by atomic mass is 10.0. The van der Waals surface area contributed by atoms with Crippen molar-refractivity contribution in [3.63, 3.8) is 0 Å². The summed E-state index contributed by atoms with van der Waals surface area (Å²) in [6, 6.07) is 14.9. The van der Waals surface area contributed by atoms with Crippen molar-refractivity contribution in [2.45, 2.75) is 0 Å². The van der Waals surface area contributed by atoms with Gasteiger partial charge in [-0.2, -0.15) is 0 Å². The molecule has 3 nitrogen and oxygen atoms in total. The lowest BCUT2D eigenvalue weighted by molar-refractivity contribution is 0.415. The predicted octanol–water partition coefficient (Wildman–Crippen LogP) is 2.69. The van der Waals surface area contributed by atoms with Crippen LogP contribution >= 0.6 is 0 Å². The average Bonchev–Trinajstić information content (AvgIpc) is 2.39. The van der Waals surface area contributed by atoms with Crippen LogP contribution in [-0.4, -0.2) is 12.8 Å². The molecule has 0 unspecified atom stereocenters. The van der Waals surface area contributed by atoms with Crippen LogP contribution in [0.3, 0.4) is 0 Å². The Balaban J connectivity index is 2.38. The normalized spacial score (nSPS) is 9.94. The fourth-order valence-corrected chi connectivity index (χ4v) is 1.66. The molecule has 3 N–H and O–H groups in total. The Labute approximate surface area is 100 Å². The van der Waals surface area contributed by atoms with Crippen molar-refractivity contribution in [1.82, 2.24) is 0 Å². The molecule has 17 heavy (non-hydrogen) atoms. The minimum absolute atomic E-state index is 0.422. The second kappa shape index (κ2) is 4.70. The standard InChI is InChI=1S/C14H14N2O/c1-17-11-7-8-12(13(15)9-11)14(16)10-5-3-2-4-6-10/h2-9,16H,15H2,1H3. The minimum Gasteiger partial charge on any atom is -0.497 e. The number of ether oxygens (including phenoxy) is 1. The molecule has 86 valence electrons. The number of hydrogen-bond acceptors (Lipinski definition) is 3. The Kier molecular flexibility index (Phi) is 3.10. The van der Waals surface area contributed by atoms with E-state index in [1.165, 1.54) is 0 Å². The second-order valence-electron chi connectivity index (χ2n) is 3.69. The molecule has 0 atom stereocenters. The molecule has 2 rings (SSSR count). The van der Waals surface area contributed by atoms with Crippen molar-refractivity contribution in [1.29, 1.82) is 5.41 Å². The van der Waals surface area contributed by atoms with E-state index in [0.29, 0.717) is 17.1 Å². The minimum atomic E-state index is 0.422. The molecular formula is C14H14N2O. The van der Waals surface area contributed by atoms with Crippen molar-refractivity contribution in [2.75, 3.05) is 12.8 Å². The molecule has 0 bridgehead atoms. The Morgan fingerprint density at radius 2 is 1.82 bits per heavy atom. The third kappa shape index (κ3) is 2.28. The molecule has 3 heteroatoms. The van der Waals surface area contributed by atoms with Gasteiger partial charge >= 0.3 is 0 Å². The molecule has 2 aromatic rings. The zero-order valence-electron chi connectivity index (χ0n) is 9.60. The number of nitrogens with two attached hydrogens (primary N) is 1. The van der Waals surface area contributed by atoms with Gasteiger partial charge in [0.2, 0.25) is 0 Å². The summed E-state index contributed by atoms with van der Waals surface area (Å²) in [6.07, 6.45) is 0. The van der Waals surface area contributed by atoms with Crippen molar-refractivity contribution in [2.24, 2.45) is 0 Å². The van der Waals surface area contributed by atoms with E-state index in [-0.39, 0.29) is 0 Å². The van der Waals surface area contributed by atoms with Crippen LogP contribution in [0.5, 0.6) is 5.75 Å². The number of anilines is 1. The van der Waals surface area contributed by atoms with Crippen molar-refractivity contribution >= 4 is 11.4 Å². The summed E-state index contributed by atoms with van der Waals surface area (Å²) >= 11 is 0. The van der Waals surface area contributed by atoms with E-state index in [0.717, 1.165) is 11.1 Å². The van der Waals surface area contributed by atoms with Crippen LogP contribution < -0.4 is 10.5 Å². The van der Waals surface area contributed by atoms with E-state index < -0.39 is 0 Å². The first kappa shape index (κ1) is 11.2. The van der Waals surface area contributed by atoms with Gasteiger partial charge in [0.15, 0.2) is 0 Å². The van der Waals surface area contributed by atoms with Crippen LogP contribution in [0.25, 0.3) is 0 Å². The average molecular weight is 226 g/mol. The maximum Gasteiger partial charge on any atom is 0.120 e. The molecule has 0 spiro atoms. The van der Waals surface area contributed by atoms with Gasteiger partial charge in [0.25, 0.3) is 0 Å². The summed E-state index contributed by atoms with van der Waals surface area (Å²) in [4.78, 5) is 0. The Morgan fingerprint density at radius 1 is 1.12 bits per heavy atom. The van der Waals surface area contributed by atoms with Crippen molar-refractivity contribution < 1.29 is 4.74 Å². The highest BCUT2D eigenvalue weighted by Gasteiger charge is 2.08. The summed E-state index contributed by atoms with van der Waals surface area (Å²) in [7, 11) is 1.59. The number of methoxy groups -OCH3 is 1. The molecule has 0 heterocycles. The maximum atomic E-state index is 8.12. The SMILES string of the molecule is COc1ccc(C(=N)c2ccccc2)c(N)c1. The first-order chi connectivity index (χ1) is 8.22. The first-order valence-corrected chi connectivity index (χ1v) is 5.30. The zero-order valence-corrected chi connectivity index (χ0v) is 9.60. The third-order valence-electron chi connectivity index (χ3n) is 2.59. The Bertz CT molecular complexity index is 535.